The van der Waals surface area contributed by atoms with Crippen molar-refractivity contribution in [1.82, 2.24) is 10.2 Å². The predicted molar refractivity (Wildman–Crippen MR) is 92.0 cm³/mol. The van der Waals surface area contributed by atoms with E-state index in [1.807, 2.05) is 4.90 Å². The highest BCUT2D eigenvalue weighted by Gasteiger charge is 2.28. The van der Waals surface area contributed by atoms with E-state index in [1.54, 1.807) is 24.3 Å². The van der Waals surface area contributed by atoms with Crippen LogP contribution in [0.1, 0.15) is 36.0 Å². The van der Waals surface area contributed by atoms with Crippen molar-refractivity contribution in [3.63, 3.8) is 0 Å². The van der Waals surface area contributed by atoms with Crippen molar-refractivity contribution in [3.8, 4) is 0 Å². The SMILES string of the molecule is Cl.NCC1CCCN1C(=O)c1cccc(NC(=O)NC2CC2)c1. The first kappa shape index (κ1) is 17.6. The van der Waals surface area contributed by atoms with Crippen LogP contribution in [0.25, 0.3) is 0 Å². The van der Waals surface area contributed by atoms with Gasteiger partial charge in [0.1, 0.15) is 0 Å². The van der Waals surface area contributed by atoms with Gasteiger partial charge in [-0.3, -0.25) is 4.79 Å². The molecule has 1 aliphatic carbocycles. The number of carbonyl (C=O) groups is 2. The minimum absolute atomic E-state index is 0. The van der Waals surface area contributed by atoms with Gasteiger partial charge in [-0.2, -0.15) is 0 Å². The zero-order valence-corrected chi connectivity index (χ0v) is 13.8. The number of likely N-dealkylation sites (tertiary alicyclic amines) is 1. The average Bonchev–Trinajstić information content (AvgIpc) is 3.19. The van der Waals surface area contributed by atoms with Gasteiger partial charge in [0.25, 0.3) is 5.91 Å². The number of halogens is 1. The Morgan fingerprint density at radius 2 is 2.04 bits per heavy atom. The Hall–Kier alpha value is -1.79. The van der Waals surface area contributed by atoms with Crippen molar-refractivity contribution < 1.29 is 9.59 Å². The van der Waals surface area contributed by atoms with Crippen LogP contribution in [0.3, 0.4) is 0 Å². The molecule has 126 valence electrons. The summed E-state index contributed by atoms with van der Waals surface area (Å²) in [5.74, 6) is -0.0146. The lowest BCUT2D eigenvalue weighted by Crippen LogP contribution is -2.39. The van der Waals surface area contributed by atoms with Gasteiger partial charge in [-0.25, -0.2) is 4.79 Å². The van der Waals surface area contributed by atoms with Crippen LogP contribution >= 0.6 is 12.4 Å². The molecule has 3 amide bonds. The molecule has 1 unspecified atom stereocenters. The van der Waals surface area contributed by atoms with Crippen LogP contribution < -0.4 is 16.4 Å². The van der Waals surface area contributed by atoms with Gasteiger partial charge in [-0.15, -0.1) is 12.4 Å². The molecule has 1 aromatic carbocycles. The van der Waals surface area contributed by atoms with Gasteiger partial charge < -0.3 is 21.3 Å². The standard InChI is InChI=1S/C16H22N4O2.ClH/c17-10-14-5-2-8-20(14)15(21)11-3-1-4-13(9-11)19-16(22)18-12-6-7-12;/h1,3-4,9,12,14H,2,5-8,10,17H2,(H2,18,19,22);1H. The zero-order valence-electron chi connectivity index (χ0n) is 13.0. The summed E-state index contributed by atoms with van der Waals surface area (Å²) in [7, 11) is 0. The Balaban J connectivity index is 0.00000192. The van der Waals surface area contributed by atoms with Gasteiger partial charge in [0.2, 0.25) is 0 Å². The number of carbonyl (C=O) groups excluding carboxylic acids is 2. The molecule has 2 aliphatic rings. The number of rotatable bonds is 4. The fraction of sp³-hybridized carbons (Fsp3) is 0.500. The van der Waals surface area contributed by atoms with Gasteiger partial charge in [0.15, 0.2) is 0 Å². The molecule has 3 rings (SSSR count). The molecule has 0 aromatic heterocycles. The lowest BCUT2D eigenvalue weighted by molar-refractivity contribution is 0.0741. The second kappa shape index (κ2) is 7.66. The number of hydrogen-bond donors (Lipinski definition) is 3. The molecule has 1 atom stereocenters. The molecule has 1 aliphatic heterocycles. The van der Waals surface area contributed by atoms with Crippen molar-refractivity contribution in [2.45, 2.75) is 37.8 Å². The molecule has 0 radical (unpaired) electrons. The molecular weight excluding hydrogens is 316 g/mol. The van der Waals surface area contributed by atoms with E-state index in [2.05, 4.69) is 10.6 Å². The molecule has 23 heavy (non-hydrogen) atoms. The van der Waals surface area contributed by atoms with E-state index < -0.39 is 0 Å². The normalized spacial score (nSPS) is 19.9. The number of hydrogen-bond acceptors (Lipinski definition) is 3. The molecule has 4 N–H and O–H groups in total. The van der Waals surface area contributed by atoms with Gasteiger partial charge in [0.05, 0.1) is 0 Å². The highest BCUT2D eigenvalue weighted by Crippen LogP contribution is 2.21. The highest BCUT2D eigenvalue weighted by molar-refractivity contribution is 5.97. The van der Waals surface area contributed by atoms with E-state index in [1.165, 1.54) is 0 Å². The van der Waals surface area contributed by atoms with Crippen LogP contribution in [-0.2, 0) is 0 Å². The molecular formula is C16H23ClN4O2. The number of nitrogens with one attached hydrogen (secondary N) is 2. The van der Waals surface area contributed by atoms with Crippen molar-refractivity contribution in [1.29, 1.82) is 0 Å². The summed E-state index contributed by atoms with van der Waals surface area (Å²) in [5.41, 5.74) is 6.95. The number of urea groups is 1. The fourth-order valence-electron chi connectivity index (χ4n) is 2.82. The average molecular weight is 339 g/mol. The third-order valence-corrected chi connectivity index (χ3v) is 4.19. The van der Waals surface area contributed by atoms with E-state index >= 15 is 0 Å². The van der Waals surface area contributed by atoms with Crippen molar-refractivity contribution in [2.24, 2.45) is 5.73 Å². The summed E-state index contributed by atoms with van der Waals surface area (Å²) >= 11 is 0. The second-order valence-corrected chi connectivity index (χ2v) is 5.98. The van der Waals surface area contributed by atoms with E-state index in [-0.39, 0.29) is 30.4 Å². The monoisotopic (exact) mass is 338 g/mol. The summed E-state index contributed by atoms with van der Waals surface area (Å²) in [4.78, 5) is 26.2. The maximum atomic E-state index is 12.6. The largest absolute Gasteiger partial charge is 0.335 e. The van der Waals surface area contributed by atoms with Crippen molar-refractivity contribution in [3.05, 3.63) is 29.8 Å². The minimum Gasteiger partial charge on any atom is -0.335 e. The van der Waals surface area contributed by atoms with E-state index in [9.17, 15) is 9.59 Å². The van der Waals surface area contributed by atoms with Crippen molar-refractivity contribution >= 4 is 30.0 Å². The number of amides is 3. The van der Waals surface area contributed by atoms with E-state index in [0.29, 0.717) is 23.8 Å². The Morgan fingerprint density at radius 3 is 2.74 bits per heavy atom. The highest BCUT2D eigenvalue weighted by atomic mass is 35.5. The summed E-state index contributed by atoms with van der Waals surface area (Å²) < 4.78 is 0. The van der Waals surface area contributed by atoms with Crippen LogP contribution in [0.15, 0.2) is 24.3 Å². The minimum atomic E-state index is -0.215. The molecule has 1 saturated heterocycles. The molecule has 0 spiro atoms. The number of nitrogens with zero attached hydrogens (tertiary/aromatic N) is 1. The van der Waals surface area contributed by atoms with E-state index in [0.717, 1.165) is 32.2 Å². The van der Waals surface area contributed by atoms with Gasteiger partial charge in [-0.1, -0.05) is 6.07 Å². The summed E-state index contributed by atoms with van der Waals surface area (Å²) in [5, 5.41) is 5.64. The first-order chi connectivity index (χ1) is 10.7. The van der Waals surface area contributed by atoms with Crippen LogP contribution in [0.4, 0.5) is 10.5 Å². The van der Waals surface area contributed by atoms with Crippen molar-refractivity contribution in [2.75, 3.05) is 18.4 Å². The van der Waals surface area contributed by atoms with E-state index in [4.69, 9.17) is 5.73 Å². The smallest absolute Gasteiger partial charge is 0.319 e. The third kappa shape index (κ3) is 4.36. The number of benzene rings is 1. The molecule has 1 heterocycles. The Labute approximate surface area is 142 Å². The summed E-state index contributed by atoms with van der Waals surface area (Å²) in [6.07, 6.45) is 4.04. The number of anilines is 1. The Bertz CT molecular complexity index is 577. The van der Waals surface area contributed by atoms with Gasteiger partial charge in [-0.05, 0) is 43.9 Å². The number of nitrogens with two attached hydrogens (primary N) is 1. The maximum Gasteiger partial charge on any atom is 0.319 e. The molecule has 2 fully saturated rings. The molecule has 7 heteroatoms. The third-order valence-electron chi connectivity index (χ3n) is 4.19. The maximum absolute atomic E-state index is 12.6. The molecule has 1 aromatic rings. The van der Waals surface area contributed by atoms with Gasteiger partial charge >= 0.3 is 6.03 Å². The predicted octanol–water partition coefficient (Wildman–Crippen LogP) is 1.96. The fourth-order valence-corrected chi connectivity index (χ4v) is 2.82. The topological polar surface area (TPSA) is 87.5 Å². The van der Waals surface area contributed by atoms with Gasteiger partial charge in [0, 0.05) is 36.4 Å². The Morgan fingerprint density at radius 1 is 1.26 bits per heavy atom. The first-order valence-electron chi connectivity index (χ1n) is 7.86. The molecule has 0 bridgehead atoms. The lowest BCUT2D eigenvalue weighted by atomic mass is 10.1. The zero-order chi connectivity index (χ0) is 15.5. The second-order valence-electron chi connectivity index (χ2n) is 5.98. The quantitative estimate of drug-likeness (QED) is 0.784. The summed E-state index contributed by atoms with van der Waals surface area (Å²) in [6, 6.07) is 7.29. The molecule has 1 saturated carbocycles. The molecule has 6 nitrogen and oxygen atoms in total. The van der Waals surface area contributed by atoms with Crippen LogP contribution in [0.5, 0.6) is 0 Å². The lowest BCUT2D eigenvalue weighted by Gasteiger charge is -2.23. The summed E-state index contributed by atoms with van der Waals surface area (Å²) in [6.45, 7) is 1.24. The van der Waals surface area contributed by atoms with Crippen LogP contribution in [0.2, 0.25) is 0 Å². The van der Waals surface area contributed by atoms with Crippen LogP contribution in [0, 0.1) is 0 Å². The van der Waals surface area contributed by atoms with Crippen LogP contribution in [-0.4, -0.2) is 42.0 Å². The Kier molecular flexibility index (Phi) is 5.85. The first-order valence-corrected chi connectivity index (χ1v) is 7.86.